The summed E-state index contributed by atoms with van der Waals surface area (Å²) in [5, 5.41) is 18.1. The van der Waals surface area contributed by atoms with Gasteiger partial charge in [0.2, 0.25) is 5.88 Å². The van der Waals surface area contributed by atoms with Crippen molar-refractivity contribution in [3.8, 4) is 11.9 Å². The van der Waals surface area contributed by atoms with Crippen LogP contribution in [0.4, 0.5) is 0 Å². The largest absolute Gasteiger partial charge is 0.494 e. The molecule has 0 fully saturated rings. The van der Waals surface area contributed by atoms with Crippen molar-refractivity contribution in [3.63, 3.8) is 0 Å². The quantitative estimate of drug-likeness (QED) is 0.639. The number of aromatic nitrogens is 1. The maximum Gasteiger partial charge on any atom is 0.271 e. The topological polar surface area (TPSA) is 83.1 Å². The molecule has 0 aromatic carbocycles. The molecule has 0 saturated carbocycles. The monoisotopic (exact) mass is 192 g/mol. The lowest BCUT2D eigenvalue weighted by atomic mass is 10.1. The van der Waals surface area contributed by atoms with Crippen LogP contribution >= 0.6 is 0 Å². The van der Waals surface area contributed by atoms with Crippen molar-refractivity contribution in [1.29, 1.82) is 5.26 Å². The molecule has 0 aliphatic heterocycles. The van der Waals surface area contributed by atoms with E-state index < -0.39 is 11.4 Å². The zero-order valence-electron chi connectivity index (χ0n) is 7.74. The van der Waals surface area contributed by atoms with Gasteiger partial charge >= 0.3 is 0 Å². The number of hydrogen-bond donors (Lipinski definition) is 1. The Morgan fingerprint density at radius 3 is 2.57 bits per heavy atom. The zero-order chi connectivity index (χ0) is 10.9. The first-order valence-electron chi connectivity index (χ1n) is 3.82. The Morgan fingerprint density at radius 1 is 1.57 bits per heavy atom. The number of carbonyl (C=O) groups is 1. The first-order valence-corrected chi connectivity index (χ1v) is 3.82. The summed E-state index contributed by atoms with van der Waals surface area (Å²) in [5.74, 6) is -0.415. The molecule has 0 spiro atoms. The summed E-state index contributed by atoms with van der Waals surface area (Å²) in [6, 6.07) is 1.70. The van der Waals surface area contributed by atoms with Crippen LogP contribution < -0.4 is 5.56 Å². The van der Waals surface area contributed by atoms with Crippen molar-refractivity contribution in [3.05, 3.63) is 27.0 Å². The summed E-state index contributed by atoms with van der Waals surface area (Å²) in [6.07, 6.45) is 0.422. The minimum Gasteiger partial charge on any atom is -0.494 e. The van der Waals surface area contributed by atoms with Crippen LogP contribution in [0.3, 0.4) is 0 Å². The Hall–Kier alpha value is -2.09. The second-order valence-electron chi connectivity index (χ2n) is 2.83. The molecule has 0 unspecified atom stereocenters. The lowest BCUT2D eigenvalue weighted by Gasteiger charge is -2.07. The van der Waals surface area contributed by atoms with Crippen molar-refractivity contribution >= 4 is 6.29 Å². The number of nitrogens with zero attached hydrogens (tertiary/aromatic N) is 2. The number of nitriles is 1. The molecule has 14 heavy (non-hydrogen) atoms. The first kappa shape index (κ1) is 9.99. The van der Waals surface area contributed by atoms with Gasteiger partial charge in [-0.3, -0.25) is 14.2 Å². The normalized spacial score (nSPS) is 9.50. The second-order valence-corrected chi connectivity index (χ2v) is 2.83. The highest BCUT2D eigenvalue weighted by molar-refractivity contribution is 5.81. The summed E-state index contributed by atoms with van der Waals surface area (Å²) in [5.41, 5.74) is -0.535. The molecule has 72 valence electrons. The van der Waals surface area contributed by atoms with E-state index in [4.69, 9.17) is 5.26 Å². The molecule has 0 saturated heterocycles. The van der Waals surface area contributed by atoms with Crippen molar-refractivity contribution in [2.75, 3.05) is 0 Å². The second kappa shape index (κ2) is 3.34. The van der Waals surface area contributed by atoms with Crippen molar-refractivity contribution in [2.24, 2.45) is 7.05 Å². The number of aldehydes is 1. The van der Waals surface area contributed by atoms with Gasteiger partial charge in [-0.2, -0.15) is 5.26 Å². The van der Waals surface area contributed by atoms with Crippen molar-refractivity contribution in [1.82, 2.24) is 4.57 Å². The predicted octanol–water partition coefficient (Wildman–Crippen LogP) is 0.0835. The lowest BCUT2D eigenvalue weighted by molar-refractivity contribution is 0.111. The molecule has 1 aromatic heterocycles. The van der Waals surface area contributed by atoms with E-state index in [-0.39, 0.29) is 16.7 Å². The molecule has 0 bridgehead atoms. The molecular weight excluding hydrogens is 184 g/mol. The number of carbonyl (C=O) groups excluding carboxylic acids is 1. The molecule has 0 aliphatic carbocycles. The SMILES string of the molecule is Cc1c(C=O)c(O)n(C)c(=O)c1C#N. The summed E-state index contributed by atoms with van der Waals surface area (Å²) in [6.45, 7) is 1.45. The zero-order valence-corrected chi connectivity index (χ0v) is 7.74. The van der Waals surface area contributed by atoms with Crippen LogP contribution in [-0.2, 0) is 7.05 Å². The summed E-state index contributed by atoms with van der Waals surface area (Å²) < 4.78 is 0.870. The van der Waals surface area contributed by atoms with Crippen LogP contribution in [0, 0.1) is 18.3 Å². The van der Waals surface area contributed by atoms with Gasteiger partial charge < -0.3 is 5.11 Å². The molecule has 1 aromatic rings. The molecule has 1 heterocycles. The highest BCUT2D eigenvalue weighted by Gasteiger charge is 2.15. The van der Waals surface area contributed by atoms with E-state index in [1.807, 2.05) is 0 Å². The van der Waals surface area contributed by atoms with E-state index in [0.717, 1.165) is 4.57 Å². The van der Waals surface area contributed by atoms with Gasteiger partial charge in [-0.05, 0) is 12.5 Å². The van der Waals surface area contributed by atoms with Gasteiger partial charge in [-0.15, -0.1) is 0 Å². The molecule has 0 aliphatic rings. The molecule has 5 heteroatoms. The maximum atomic E-state index is 11.4. The lowest BCUT2D eigenvalue weighted by Crippen LogP contribution is -2.22. The van der Waals surface area contributed by atoms with Crippen molar-refractivity contribution < 1.29 is 9.90 Å². The summed E-state index contributed by atoms with van der Waals surface area (Å²) >= 11 is 0. The molecular formula is C9H8N2O3. The highest BCUT2D eigenvalue weighted by Crippen LogP contribution is 2.17. The predicted molar refractivity (Wildman–Crippen MR) is 48.2 cm³/mol. The fourth-order valence-corrected chi connectivity index (χ4v) is 1.18. The smallest absolute Gasteiger partial charge is 0.271 e. The minimum atomic E-state index is -0.604. The average molecular weight is 192 g/mol. The van der Waals surface area contributed by atoms with Crippen LogP contribution in [0.25, 0.3) is 0 Å². The Morgan fingerprint density at radius 2 is 2.14 bits per heavy atom. The molecule has 1 rings (SSSR count). The molecule has 0 atom stereocenters. The van der Waals surface area contributed by atoms with Gasteiger partial charge in [0.15, 0.2) is 6.29 Å². The third-order valence-corrected chi connectivity index (χ3v) is 2.09. The number of hydrogen-bond acceptors (Lipinski definition) is 4. The van der Waals surface area contributed by atoms with E-state index in [0.29, 0.717) is 6.29 Å². The first-order chi connectivity index (χ1) is 6.54. The number of rotatable bonds is 1. The van der Waals surface area contributed by atoms with Gasteiger partial charge in [-0.1, -0.05) is 0 Å². The van der Waals surface area contributed by atoms with Crippen LogP contribution in [0.2, 0.25) is 0 Å². The molecule has 5 nitrogen and oxygen atoms in total. The average Bonchev–Trinajstić information content (AvgIpc) is 2.16. The van der Waals surface area contributed by atoms with Crippen LogP contribution in [-0.4, -0.2) is 16.0 Å². The third kappa shape index (κ3) is 1.17. The van der Waals surface area contributed by atoms with Gasteiger partial charge in [0, 0.05) is 7.05 Å². The van der Waals surface area contributed by atoms with Crippen molar-refractivity contribution in [2.45, 2.75) is 6.92 Å². The molecule has 0 amide bonds. The molecule has 1 N–H and O–H groups in total. The third-order valence-electron chi connectivity index (χ3n) is 2.09. The Balaban J connectivity index is 3.85. The Kier molecular flexibility index (Phi) is 2.38. The highest BCUT2D eigenvalue weighted by atomic mass is 16.3. The van der Waals surface area contributed by atoms with E-state index >= 15 is 0 Å². The Labute approximate surface area is 79.8 Å². The van der Waals surface area contributed by atoms with Crippen LogP contribution in [0.1, 0.15) is 21.5 Å². The van der Waals surface area contributed by atoms with E-state index in [2.05, 4.69) is 0 Å². The maximum absolute atomic E-state index is 11.4. The van der Waals surface area contributed by atoms with Gasteiger partial charge in [0.25, 0.3) is 5.56 Å². The van der Waals surface area contributed by atoms with E-state index in [1.165, 1.54) is 14.0 Å². The van der Waals surface area contributed by atoms with Gasteiger partial charge in [0.1, 0.15) is 11.6 Å². The van der Waals surface area contributed by atoms with E-state index in [1.54, 1.807) is 6.07 Å². The fraction of sp³-hybridized carbons (Fsp3) is 0.222. The van der Waals surface area contributed by atoms with Gasteiger partial charge in [-0.25, -0.2) is 0 Å². The molecule has 0 radical (unpaired) electrons. The standard InChI is InChI=1S/C9H8N2O3/c1-5-6(3-10)8(13)11(2)9(14)7(5)4-12/h4,14H,1-2H3. The number of aromatic hydroxyl groups is 1. The summed E-state index contributed by atoms with van der Waals surface area (Å²) in [4.78, 5) is 22.0. The van der Waals surface area contributed by atoms with Crippen LogP contribution in [0.15, 0.2) is 4.79 Å². The Bertz CT molecular complexity index is 494. The fourth-order valence-electron chi connectivity index (χ4n) is 1.18. The van der Waals surface area contributed by atoms with Crippen LogP contribution in [0.5, 0.6) is 5.88 Å². The van der Waals surface area contributed by atoms with Gasteiger partial charge in [0.05, 0.1) is 5.56 Å². The minimum absolute atomic E-state index is 0.0244. The van der Waals surface area contributed by atoms with E-state index in [9.17, 15) is 14.7 Å². The number of pyridine rings is 1. The summed E-state index contributed by atoms with van der Waals surface area (Å²) in [7, 11) is 1.30.